The van der Waals surface area contributed by atoms with E-state index in [0.717, 1.165) is 41.7 Å². The topological polar surface area (TPSA) is 69.0 Å². The fourth-order valence-corrected chi connectivity index (χ4v) is 3.21. The second-order valence-electron chi connectivity index (χ2n) is 7.39. The molecule has 1 heterocycles. The van der Waals surface area contributed by atoms with Gasteiger partial charge in [0, 0.05) is 11.3 Å². The predicted molar refractivity (Wildman–Crippen MR) is 123 cm³/mol. The molecule has 6 nitrogen and oxygen atoms in total. The highest BCUT2D eigenvalue weighted by Gasteiger charge is 2.10. The van der Waals surface area contributed by atoms with Crippen molar-refractivity contribution in [2.45, 2.75) is 33.1 Å². The zero-order valence-corrected chi connectivity index (χ0v) is 17.8. The van der Waals surface area contributed by atoms with Crippen molar-refractivity contribution in [1.82, 2.24) is 15.0 Å². The second-order valence-corrected chi connectivity index (χ2v) is 7.39. The van der Waals surface area contributed by atoms with Crippen LogP contribution in [0.4, 0.5) is 5.69 Å². The van der Waals surface area contributed by atoms with Gasteiger partial charge in [0.1, 0.15) is 16.8 Å². The van der Waals surface area contributed by atoms with Gasteiger partial charge in [-0.1, -0.05) is 32.4 Å². The van der Waals surface area contributed by atoms with Crippen LogP contribution >= 0.6 is 0 Å². The maximum atomic E-state index is 12.6. The maximum absolute atomic E-state index is 12.6. The molecular weight excluding hydrogens is 388 g/mol. The Hall–Kier alpha value is -3.67. The summed E-state index contributed by atoms with van der Waals surface area (Å²) in [5, 5.41) is 12.0. The molecule has 0 unspecified atom stereocenters. The van der Waals surface area contributed by atoms with Crippen LogP contribution < -0.4 is 10.1 Å². The van der Waals surface area contributed by atoms with Crippen LogP contribution in [0.2, 0.25) is 0 Å². The third-order valence-corrected chi connectivity index (χ3v) is 5.10. The Morgan fingerprint density at radius 2 is 1.68 bits per heavy atom. The molecule has 4 rings (SSSR count). The average molecular weight is 415 g/mol. The van der Waals surface area contributed by atoms with Crippen LogP contribution in [0.3, 0.4) is 0 Å². The van der Waals surface area contributed by atoms with E-state index in [-0.39, 0.29) is 5.91 Å². The molecule has 0 spiro atoms. The van der Waals surface area contributed by atoms with Gasteiger partial charge < -0.3 is 10.1 Å². The molecule has 4 aromatic rings. The van der Waals surface area contributed by atoms with Gasteiger partial charge in [-0.15, -0.1) is 10.2 Å². The van der Waals surface area contributed by atoms with Crippen molar-refractivity contribution >= 4 is 22.6 Å². The number of carbonyl (C=O) groups is 1. The normalized spacial score (nSPS) is 10.9. The summed E-state index contributed by atoms with van der Waals surface area (Å²) in [5.41, 5.74) is 4.91. The molecule has 0 aliphatic rings. The van der Waals surface area contributed by atoms with E-state index in [0.29, 0.717) is 17.9 Å². The molecule has 6 heteroatoms. The van der Waals surface area contributed by atoms with Crippen molar-refractivity contribution in [2.75, 3.05) is 11.9 Å². The SMILES string of the molecule is CCCCOc1ccc(C(=O)Nc2ccc3nn(-c4ccc(CC)cc4)nc3c2)cc1. The molecule has 0 aliphatic carbocycles. The highest BCUT2D eigenvalue weighted by atomic mass is 16.5. The number of anilines is 1. The van der Waals surface area contributed by atoms with Crippen LogP contribution in [0.1, 0.15) is 42.6 Å². The number of benzene rings is 3. The number of aryl methyl sites for hydroxylation is 1. The Bertz CT molecular complexity index is 1160. The van der Waals surface area contributed by atoms with E-state index < -0.39 is 0 Å². The lowest BCUT2D eigenvalue weighted by molar-refractivity contribution is 0.102. The van der Waals surface area contributed by atoms with E-state index >= 15 is 0 Å². The fourth-order valence-electron chi connectivity index (χ4n) is 3.21. The van der Waals surface area contributed by atoms with Crippen LogP contribution in [-0.4, -0.2) is 27.5 Å². The molecule has 1 aromatic heterocycles. The standard InChI is InChI=1S/C25H26N4O2/c1-3-5-16-31-22-13-8-19(9-14-22)25(30)26-20-10-15-23-24(17-20)28-29(27-23)21-11-6-18(4-2)7-12-21/h6-15,17H,3-5,16H2,1-2H3,(H,26,30). The summed E-state index contributed by atoms with van der Waals surface area (Å²) in [5.74, 6) is 0.594. The van der Waals surface area contributed by atoms with Gasteiger partial charge in [0.2, 0.25) is 0 Å². The summed E-state index contributed by atoms with van der Waals surface area (Å²) in [7, 11) is 0. The Morgan fingerprint density at radius 1 is 0.935 bits per heavy atom. The van der Waals surface area contributed by atoms with Gasteiger partial charge >= 0.3 is 0 Å². The molecule has 0 atom stereocenters. The van der Waals surface area contributed by atoms with Crippen molar-refractivity contribution in [3.63, 3.8) is 0 Å². The number of rotatable bonds is 8. The molecule has 158 valence electrons. The summed E-state index contributed by atoms with van der Waals surface area (Å²) < 4.78 is 5.65. The predicted octanol–water partition coefficient (Wildman–Crippen LogP) is 5.41. The number of unbranched alkanes of at least 4 members (excludes halogenated alkanes) is 1. The van der Waals surface area contributed by atoms with Crippen LogP contribution in [0.15, 0.2) is 66.7 Å². The Labute approximate surface area is 181 Å². The first-order valence-corrected chi connectivity index (χ1v) is 10.7. The minimum absolute atomic E-state index is 0.179. The Balaban J connectivity index is 1.46. The quantitative estimate of drug-likeness (QED) is 0.391. The molecular formula is C25H26N4O2. The van der Waals surface area contributed by atoms with Crippen molar-refractivity contribution in [3.8, 4) is 11.4 Å². The first-order chi connectivity index (χ1) is 15.2. The fraction of sp³-hybridized carbons (Fsp3) is 0.240. The van der Waals surface area contributed by atoms with E-state index in [1.807, 2.05) is 42.5 Å². The van der Waals surface area contributed by atoms with Gasteiger partial charge in [-0.2, -0.15) is 4.80 Å². The van der Waals surface area contributed by atoms with E-state index in [1.165, 1.54) is 5.56 Å². The van der Waals surface area contributed by atoms with Crippen LogP contribution in [0.25, 0.3) is 16.7 Å². The van der Waals surface area contributed by atoms with E-state index in [9.17, 15) is 4.79 Å². The smallest absolute Gasteiger partial charge is 0.255 e. The van der Waals surface area contributed by atoms with Crippen molar-refractivity contribution in [3.05, 3.63) is 77.9 Å². The zero-order chi connectivity index (χ0) is 21.6. The number of hydrogen-bond acceptors (Lipinski definition) is 4. The van der Waals surface area contributed by atoms with E-state index in [1.54, 1.807) is 16.9 Å². The number of amides is 1. The second kappa shape index (κ2) is 9.43. The summed E-state index contributed by atoms with van der Waals surface area (Å²) in [6.07, 6.45) is 3.09. The zero-order valence-electron chi connectivity index (χ0n) is 17.8. The molecule has 3 aromatic carbocycles. The first-order valence-electron chi connectivity index (χ1n) is 10.7. The molecule has 0 saturated heterocycles. The number of hydrogen-bond donors (Lipinski definition) is 1. The van der Waals surface area contributed by atoms with Gasteiger partial charge in [-0.25, -0.2) is 0 Å². The number of aromatic nitrogens is 3. The van der Waals surface area contributed by atoms with Crippen molar-refractivity contribution in [2.24, 2.45) is 0 Å². The molecule has 0 bridgehead atoms. The van der Waals surface area contributed by atoms with Crippen molar-refractivity contribution in [1.29, 1.82) is 0 Å². The largest absolute Gasteiger partial charge is 0.494 e. The van der Waals surface area contributed by atoms with Crippen LogP contribution in [0, 0.1) is 0 Å². The highest BCUT2D eigenvalue weighted by molar-refractivity contribution is 6.05. The van der Waals surface area contributed by atoms with Crippen LogP contribution in [-0.2, 0) is 6.42 Å². The third-order valence-electron chi connectivity index (χ3n) is 5.10. The monoisotopic (exact) mass is 414 g/mol. The molecule has 0 aliphatic heterocycles. The molecule has 0 fully saturated rings. The van der Waals surface area contributed by atoms with Crippen LogP contribution in [0.5, 0.6) is 5.75 Å². The minimum atomic E-state index is -0.179. The number of ether oxygens (including phenoxy) is 1. The lowest BCUT2D eigenvalue weighted by Gasteiger charge is -2.07. The third kappa shape index (κ3) is 4.91. The average Bonchev–Trinajstić information content (AvgIpc) is 3.23. The molecule has 0 saturated carbocycles. The highest BCUT2D eigenvalue weighted by Crippen LogP contribution is 2.19. The first kappa shape index (κ1) is 20.6. The van der Waals surface area contributed by atoms with Crippen molar-refractivity contribution < 1.29 is 9.53 Å². The van der Waals surface area contributed by atoms with Gasteiger partial charge in [0.15, 0.2) is 0 Å². The summed E-state index contributed by atoms with van der Waals surface area (Å²) in [6, 6.07) is 20.9. The molecule has 0 radical (unpaired) electrons. The van der Waals surface area contributed by atoms with Gasteiger partial charge in [-0.05, 0) is 73.0 Å². The van der Waals surface area contributed by atoms with E-state index in [4.69, 9.17) is 4.74 Å². The number of nitrogens with one attached hydrogen (secondary N) is 1. The summed E-state index contributed by atoms with van der Waals surface area (Å²) >= 11 is 0. The number of nitrogens with zero attached hydrogens (tertiary/aromatic N) is 3. The number of fused-ring (bicyclic) bond motifs is 1. The van der Waals surface area contributed by atoms with Gasteiger partial charge in [-0.3, -0.25) is 4.79 Å². The lowest BCUT2D eigenvalue weighted by atomic mass is 10.2. The molecule has 1 N–H and O–H groups in total. The van der Waals surface area contributed by atoms with E-state index in [2.05, 4.69) is 41.5 Å². The summed E-state index contributed by atoms with van der Waals surface area (Å²) in [6.45, 7) is 4.94. The molecule has 31 heavy (non-hydrogen) atoms. The Kier molecular flexibility index (Phi) is 6.26. The minimum Gasteiger partial charge on any atom is -0.494 e. The summed E-state index contributed by atoms with van der Waals surface area (Å²) in [4.78, 5) is 14.2. The van der Waals surface area contributed by atoms with Gasteiger partial charge in [0.25, 0.3) is 5.91 Å². The number of carbonyl (C=O) groups excluding carboxylic acids is 1. The van der Waals surface area contributed by atoms with Gasteiger partial charge in [0.05, 0.1) is 12.3 Å². The maximum Gasteiger partial charge on any atom is 0.255 e. The lowest BCUT2D eigenvalue weighted by Crippen LogP contribution is -2.11. The molecule has 1 amide bonds. The Morgan fingerprint density at radius 3 is 2.39 bits per heavy atom.